The highest BCUT2D eigenvalue weighted by atomic mass is 16.5. The molecule has 91 heavy (non-hydrogen) atoms. The van der Waals surface area contributed by atoms with Crippen LogP contribution < -0.4 is 61.5 Å². The topological polar surface area (TPSA) is 276 Å². The Bertz CT molecular complexity index is 3240. The van der Waals surface area contributed by atoms with Crippen molar-refractivity contribution in [3.63, 3.8) is 0 Å². The molecule has 0 aromatic heterocycles. The van der Waals surface area contributed by atoms with Gasteiger partial charge in [0.25, 0.3) is 11.8 Å². The average Bonchev–Trinajstić information content (AvgIpc) is 1.89. The molecule has 8 atom stereocenters. The monoisotopic (exact) mass is 1250 g/mol. The van der Waals surface area contributed by atoms with Gasteiger partial charge in [-0.15, -0.1) is 0 Å². The van der Waals surface area contributed by atoms with Crippen LogP contribution in [0.25, 0.3) is 0 Å². The summed E-state index contributed by atoms with van der Waals surface area (Å²) in [6.45, 7) is 14.4. The van der Waals surface area contributed by atoms with Crippen molar-refractivity contribution < 1.29 is 57.3 Å². The van der Waals surface area contributed by atoms with Crippen LogP contribution in [0.1, 0.15) is 123 Å². The molecule has 2 fully saturated rings. The fourth-order valence-corrected chi connectivity index (χ4v) is 11.2. The summed E-state index contributed by atoms with van der Waals surface area (Å²) in [7, 11) is 9.54. The number of carbonyl (C=O) groups is 8. The van der Waals surface area contributed by atoms with E-state index in [1.165, 1.54) is 34.1 Å². The summed E-state index contributed by atoms with van der Waals surface area (Å²) in [6.07, 6.45) is 0.200. The highest BCUT2D eigenvalue weighted by molar-refractivity contribution is 5.99. The van der Waals surface area contributed by atoms with Gasteiger partial charge < -0.3 is 71.3 Å². The van der Waals surface area contributed by atoms with Crippen molar-refractivity contribution in [2.24, 2.45) is 16.7 Å². The predicted octanol–water partition coefficient (Wildman–Crippen LogP) is 5.46. The van der Waals surface area contributed by atoms with Crippen LogP contribution in [0.4, 0.5) is 0 Å². The van der Waals surface area contributed by atoms with Crippen LogP contribution in [0.15, 0.2) is 121 Å². The van der Waals surface area contributed by atoms with E-state index in [1.807, 2.05) is 90.1 Å². The standard InChI is InChI=1S/C69H90N10O12/c1-40(70-9)60(80)76-58(68(3,4)5)66(86)78-38-42(35-54(78)64(84)74-56(43-19-27-50(88-11)28-20-43)44-21-29-51(89-12)30-22-44)37-72-62(82)47-15-17-48(18-16-47)63(83)73-49-36-55(79(39-49)67(87)59(69(6,7)8)77-61(81)41(2)71-10)65(85)75-57(45-23-31-52(90-13)32-24-45)46-25-33-53(91-14)34-26-46/h15-34,40-42,49,54-59,70-71H,35-39H2,1-14H3,(H,72,82)(H,73,83)(H,74,84)(H,75,85)(H,76,80)(H,77,81)/t40-,41-,42+,49-,54-,55-,58+,59+/m0/s1. The van der Waals surface area contributed by atoms with Gasteiger partial charge in [0, 0.05) is 36.8 Å². The first kappa shape index (κ1) is 69.5. The maximum Gasteiger partial charge on any atom is 0.251 e. The second-order valence-corrected chi connectivity index (χ2v) is 25.4. The molecule has 2 aliphatic rings. The van der Waals surface area contributed by atoms with Crippen LogP contribution >= 0.6 is 0 Å². The lowest BCUT2D eigenvalue weighted by molar-refractivity contribution is -0.144. The smallest absolute Gasteiger partial charge is 0.251 e. The molecule has 0 saturated carbocycles. The third-order valence-electron chi connectivity index (χ3n) is 17.0. The Morgan fingerprint density at radius 3 is 1.12 bits per heavy atom. The number of nitrogens with one attached hydrogen (secondary N) is 8. The number of likely N-dealkylation sites (tertiary alicyclic amines) is 2. The van der Waals surface area contributed by atoms with Gasteiger partial charge in [-0.3, -0.25) is 38.4 Å². The number of likely N-dealkylation sites (N-methyl/N-ethyl adjacent to an activating group) is 2. The molecule has 22 heteroatoms. The molecular weight excluding hydrogens is 1160 g/mol. The molecule has 0 radical (unpaired) electrons. The maximum absolute atomic E-state index is 14.9. The first-order valence-electron chi connectivity index (χ1n) is 30.6. The van der Waals surface area contributed by atoms with Crippen molar-refractivity contribution in [2.45, 2.75) is 123 Å². The number of carbonyl (C=O) groups excluding carboxylic acids is 8. The molecule has 5 aromatic rings. The van der Waals surface area contributed by atoms with Crippen molar-refractivity contribution in [1.82, 2.24) is 52.3 Å². The largest absolute Gasteiger partial charge is 0.497 e. The normalized spacial score (nSPS) is 17.8. The zero-order valence-electron chi connectivity index (χ0n) is 54.6. The van der Waals surface area contributed by atoms with E-state index < -0.39 is 112 Å². The van der Waals surface area contributed by atoms with Crippen LogP contribution in [0.5, 0.6) is 23.0 Å². The molecule has 0 bridgehead atoms. The van der Waals surface area contributed by atoms with Gasteiger partial charge in [0.05, 0.1) is 52.6 Å². The van der Waals surface area contributed by atoms with Gasteiger partial charge in [-0.05, 0) is 153 Å². The number of methoxy groups -OCH3 is 4. The number of hydrogen-bond donors (Lipinski definition) is 8. The van der Waals surface area contributed by atoms with Crippen LogP contribution in [-0.2, 0) is 28.8 Å². The van der Waals surface area contributed by atoms with Crippen molar-refractivity contribution in [1.29, 1.82) is 0 Å². The van der Waals surface area contributed by atoms with E-state index in [0.29, 0.717) is 23.0 Å². The number of nitrogens with zero attached hydrogens (tertiary/aromatic N) is 2. The summed E-state index contributed by atoms with van der Waals surface area (Å²) in [5.74, 6) is -1.58. The zero-order chi connectivity index (χ0) is 66.5. The minimum atomic E-state index is -1.09. The second kappa shape index (κ2) is 30.7. The fourth-order valence-electron chi connectivity index (χ4n) is 11.2. The molecule has 2 heterocycles. The lowest BCUT2D eigenvalue weighted by Crippen LogP contribution is -2.59. The highest BCUT2D eigenvalue weighted by Gasteiger charge is 2.48. The summed E-state index contributed by atoms with van der Waals surface area (Å²) in [6, 6.07) is 27.7. The Labute approximate surface area is 534 Å². The van der Waals surface area contributed by atoms with E-state index in [4.69, 9.17) is 18.9 Å². The lowest BCUT2D eigenvalue weighted by Gasteiger charge is -2.36. The molecule has 5 aromatic carbocycles. The summed E-state index contributed by atoms with van der Waals surface area (Å²) < 4.78 is 21.7. The van der Waals surface area contributed by atoms with Crippen molar-refractivity contribution in [2.75, 3.05) is 62.2 Å². The van der Waals surface area contributed by atoms with Gasteiger partial charge in [-0.1, -0.05) is 90.1 Å². The molecule has 2 aliphatic heterocycles. The summed E-state index contributed by atoms with van der Waals surface area (Å²) in [5.41, 5.74) is 1.83. The molecule has 0 unspecified atom stereocenters. The summed E-state index contributed by atoms with van der Waals surface area (Å²) in [5, 5.41) is 24.1. The van der Waals surface area contributed by atoms with Gasteiger partial charge in [0.1, 0.15) is 47.2 Å². The molecular formula is C69H90N10O12. The van der Waals surface area contributed by atoms with E-state index >= 15 is 0 Å². The SMILES string of the molecule is CN[C@@H](C)C(=O)N[C@H](C(=O)N1C[C@@H](CNC(=O)c2ccc(C(=O)N[C@H]3C[C@@H](C(=O)NC(c4ccc(OC)cc4)c4ccc(OC)cc4)N(C(=O)[C@@H](NC(=O)[C@H](C)NC)C(C)(C)C)C3)cc2)C[C@H]1C(=O)NC(c1ccc(OC)cc1)c1ccc(OC)cc1)C(C)(C)C. The van der Waals surface area contributed by atoms with Crippen molar-refractivity contribution in [3.8, 4) is 23.0 Å². The van der Waals surface area contributed by atoms with Gasteiger partial charge in [0.2, 0.25) is 35.4 Å². The number of rotatable bonds is 25. The van der Waals surface area contributed by atoms with E-state index in [0.717, 1.165) is 22.3 Å². The number of benzene rings is 5. The van der Waals surface area contributed by atoms with Gasteiger partial charge >= 0.3 is 0 Å². The van der Waals surface area contributed by atoms with E-state index in [2.05, 4.69) is 42.5 Å². The first-order chi connectivity index (χ1) is 43.2. The molecule has 7 rings (SSSR count). The average molecular weight is 1250 g/mol. The molecule has 488 valence electrons. The Kier molecular flexibility index (Phi) is 23.4. The second-order valence-electron chi connectivity index (χ2n) is 25.4. The zero-order valence-corrected chi connectivity index (χ0v) is 54.6. The Balaban J connectivity index is 1.09. The maximum atomic E-state index is 14.9. The van der Waals surface area contributed by atoms with Crippen molar-refractivity contribution in [3.05, 3.63) is 155 Å². The number of hydrogen-bond acceptors (Lipinski definition) is 14. The number of ether oxygens (including phenoxy) is 4. The molecule has 22 nitrogen and oxygen atoms in total. The Morgan fingerprint density at radius 1 is 0.462 bits per heavy atom. The third kappa shape index (κ3) is 17.5. The fraction of sp³-hybridized carbons (Fsp3) is 0.449. The third-order valence-corrected chi connectivity index (χ3v) is 17.0. The molecule has 8 amide bonds. The quantitative estimate of drug-likeness (QED) is 0.0361. The van der Waals surface area contributed by atoms with Gasteiger partial charge in [0.15, 0.2) is 0 Å². The van der Waals surface area contributed by atoms with Gasteiger partial charge in [-0.25, -0.2) is 0 Å². The molecule has 0 aliphatic carbocycles. The van der Waals surface area contributed by atoms with E-state index in [9.17, 15) is 38.4 Å². The summed E-state index contributed by atoms with van der Waals surface area (Å²) >= 11 is 0. The van der Waals surface area contributed by atoms with E-state index in [-0.39, 0.29) is 49.5 Å². The predicted molar refractivity (Wildman–Crippen MR) is 346 cm³/mol. The minimum Gasteiger partial charge on any atom is -0.497 e. The molecule has 8 N–H and O–H groups in total. The lowest BCUT2D eigenvalue weighted by atomic mass is 9.85. The summed E-state index contributed by atoms with van der Waals surface area (Å²) in [4.78, 5) is 117. The van der Waals surface area contributed by atoms with Crippen molar-refractivity contribution >= 4 is 47.3 Å². The number of amides is 8. The highest BCUT2D eigenvalue weighted by Crippen LogP contribution is 2.34. The molecule has 0 spiro atoms. The van der Waals surface area contributed by atoms with Gasteiger partial charge in [-0.2, -0.15) is 0 Å². The van der Waals surface area contributed by atoms with Crippen LogP contribution in [0.3, 0.4) is 0 Å². The van der Waals surface area contributed by atoms with Crippen LogP contribution in [0, 0.1) is 16.7 Å². The minimum absolute atomic E-state index is 0.0269. The van der Waals surface area contributed by atoms with E-state index in [1.54, 1.807) is 105 Å². The van der Waals surface area contributed by atoms with Crippen LogP contribution in [-0.4, -0.2) is 162 Å². The Morgan fingerprint density at radius 2 is 0.791 bits per heavy atom. The van der Waals surface area contributed by atoms with Crippen LogP contribution in [0.2, 0.25) is 0 Å². The molecule has 2 saturated heterocycles. The first-order valence-corrected chi connectivity index (χ1v) is 30.6. The Hall–Kier alpha value is -9.02.